The van der Waals surface area contributed by atoms with Gasteiger partial charge in [-0.2, -0.15) is 0 Å². The van der Waals surface area contributed by atoms with Crippen LogP contribution in [-0.4, -0.2) is 55.3 Å². The molecule has 2 heterocycles. The van der Waals surface area contributed by atoms with Gasteiger partial charge in [0.25, 0.3) is 0 Å². The fraction of sp³-hybridized carbons (Fsp3) is 0.714. The predicted molar refractivity (Wildman–Crippen MR) is 117 cm³/mol. The Kier molecular flexibility index (Phi) is 8.16. The smallest absolute Gasteiger partial charge is 0.410 e. The zero-order chi connectivity index (χ0) is 20.7. The van der Waals surface area contributed by atoms with E-state index < -0.39 is 5.60 Å². The lowest BCUT2D eigenvalue weighted by molar-refractivity contribution is 0.0185. The second-order valence-corrected chi connectivity index (χ2v) is 10.00. The second kappa shape index (κ2) is 10.1. The van der Waals surface area contributed by atoms with E-state index in [9.17, 15) is 4.79 Å². The molecule has 28 heavy (non-hydrogen) atoms. The predicted octanol–water partition coefficient (Wildman–Crippen LogP) is 3.80. The molecule has 1 fully saturated rings. The van der Waals surface area contributed by atoms with Crippen molar-refractivity contribution >= 4 is 23.4 Å². The number of likely N-dealkylation sites (tertiary alicyclic amines) is 1. The first kappa shape index (κ1) is 22.5. The van der Waals surface area contributed by atoms with Crippen molar-refractivity contribution in [3.8, 4) is 0 Å². The Morgan fingerprint density at radius 1 is 1.36 bits per heavy atom. The highest BCUT2D eigenvalue weighted by atomic mass is 32.1. The largest absolute Gasteiger partial charge is 0.444 e. The molecular weight excluding hydrogens is 372 g/mol. The molecular formula is C21H36N4O2S. The third kappa shape index (κ3) is 7.70. The van der Waals surface area contributed by atoms with Gasteiger partial charge in [0, 0.05) is 48.9 Å². The van der Waals surface area contributed by atoms with Gasteiger partial charge in [0.1, 0.15) is 5.60 Å². The number of thiophene rings is 1. The van der Waals surface area contributed by atoms with Crippen LogP contribution in [-0.2, 0) is 11.2 Å². The van der Waals surface area contributed by atoms with Crippen molar-refractivity contribution in [1.82, 2.24) is 15.5 Å². The molecule has 0 bridgehead atoms. The van der Waals surface area contributed by atoms with Crippen molar-refractivity contribution in [3.63, 3.8) is 0 Å². The Hall–Kier alpha value is -1.76. The molecule has 0 spiro atoms. The first-order chi connectivity index (χ1) is 13.2. The molecule has 1 unspecified atom stereocenters. The zero-order valence-corrected chi connectivity index (χ0v) is 19.0. The number of aliphatic imine (C=N–C) groups is 1. The van der Waals surface area contributed by atoms with Crippen molar-refractivity contribution < 1.29 is 9.53 Å². The van der Waals surface area contributed by atoms with Crippen molar-refractivity contribution in [2.75, 3.05) is 26.7 Å². The SMILES string of the molecule is CN=C(NCC1CCN(C(=O)OC(C)(C)C)CC1)NC(C)Cc1ccc(C)s1. The van der Waals surface area contributed by atoms with E-state index in [4.69, 9.17) is 4.74 Å². The normalized spacial score (nSPS) is 17.4. The molecule has 158 valence electrons. The summed E-state index contributed by atoms with van der Waals surface area (Å²) >= 11 is 1.85. The lowest BCUT2D eigenvalue weighted by Crippen LogP contribution is -2.47. The third-order valence-electron chi connectivity index (χ3n) is 4.73. The standard InChI is InChI=1S/C21H36N4O2S/c1-15(13-18-8-7-16(2)28-18)24-19(22-6)23-14-17-9-11-25(12-10-17)20(26)27-21(3,4)5/h7-8,15,17H,9-14H2,1-6H3,(H2,22,23,24). The van der Waals surface area contributed by atoms with E-state index in [1.807, 2.05) is 44.1 Å². The summed E-state index contributed by atoms with van der Waals surface area (Å²) in [7, 11) is 1.81. The molecule has 1 saturated heterocycles. The van der Waals surface area contributed by atoms with Crippen LogP contribution in [0.3, 0.4) is 0 Å². The quantitative estimate of drug-likeness (QED) is 0.574. The first-order valence-corrected chi connectivity index (χ1v) is 11.0. The molecule has 0 aromatic carbocycles. The van der Waals surface area contributed by atoms with E-state index in [0.29, 0.717) is 12.0 Å². The summed E-state index contributed by atoms with van der Waals surface area (Å²) in [5.74, 6) is 1.38. The molecule has 2 N–H and O–H groups in total. The van der Waals surface area contributed by atoms with Gasteiger partial charge >= 0.3 is 6.09 Å². The summed E-state index contributed by atoms with van der Waals surface area (Å²) in [6.07, 6.45) is 2.75. The number of nitrogens with one attached hydrogen (secondary N) is 2. The lowest BCUT2D eigenvalue weighted by Gasteiger charge is -2.33. The number of ether oxygens (including phenoxy) is 1. The van der Waals surface area contributed by atoms with Gasteiger partial charge in [-0.3, -0.25) is 4.99 Å². The van der Waals surface area contributed by atoms with Crippen molar-refractivity contribution in [2.24, 2.45) is 10.9 Å². The molecule has 1 aromatic heterocycles. The van der Waals surface area contributed by atoms with E-state index in [-0.39, 0.29) is 6.09 Å². The number of guanidine groups is 1. The summed E-state index contributed by atoms with van der Waals surface area (Å²) < 4.78 is 5.47. The van der Waals surface area contributed by atoms with Crippen LogP contribution in [0, 0.1) is 12.8 Å². The molecule has 1 amide bonds. The monoisotopic (exact) mass is 408 g/mol. The molecule has 1 atom stereocenters. The molecule has 1 aliphatic rings. The van der Waals surface area contributed by atoms with Crippen molar-refractivity contribution in [3.05, 3.63) is 21.9 Å². The molecule has 0 radical (unpaired) electrons. The Morgan fingerprint density at radius 3 is 2.57 bits per heavy atom. The highest BCUT2D eigenvalue weighted by molar-refractivity contribution is 7.11. The number of hydrogen-bond donors (Lipinski definition) is 2. The number of amides is 1. The number of nitrogens with zero attached hydrogens (tertiary/aromatic N) is 2. The molecule has 2 rings (SSSR count). The van der Waals surface area contributed by atoms with Gasteiger partial charge in [0.15, 0.2) is 5.96 Å². The number of hydrogen-bond acceptors (Lipinski definition) is 4. The van der Waals surface area contributed by atoms with Gasteiger partial charge in [-0.1, -0.05) is 0 Å². The van der Waals surface area contributed by atoms with Crippen LogP contribution in [0.1, 0.15) is 50.3 Å². The van der Waals surface area contributed by atoms with Gasteiger partial charge in [0.2, 0.25) is 0 Å². The van der Waals surface area contributed by atoms with Crippen LogP contribution in [0.25, 0.3) is 0 Å². The minimum atomic E-state index is -0.438. The van der Waals surface area contributed by atoms with Crippen LogP contribution >= 0.6 is 11.3 Å². The maximum absolute atomic E-state index is 12.2. The van der Waals surface area contributed by atoms with Crippen molar-refractivity contribution in [2.45, 2.75) is 65.5 Å². The summed E-state index contributed by atoms with van der Waals surface area (Å²) in [6.45, 7) is 12.4. The molecule has 6 nitrogen and oxygen atoms in total. The maximum atomic E-state index is 12.2. The summed E-state index contributed by atoms with van der Waals surface area (Å²) in [5.41, 5.74) is -0.438. The molecule has 1 aromatic rings. The topological polar surface area (TPSA) is 66.0 Å². The average Bonchev–Trinajstić information content (AvgIpc) is 3.02. The van der Waals surface area contributed by atoms with E-state index >= 15 is 0 Å². The number of carbonyl (C=O) groups excluding carboxylic acids is 1. The van der Waals surface area contributed by atoms with Gasteiger partial charge in [-0.25, -0.2) is 4.79 Å². The van der Waals surface area contributed by atoms with Crippen molar-refractivity contribution in [1.29, 1.82) is 0 Å². The first-order valence-electron chi connectivity index (χ1n) is 10.2. The number of aryl methyl sites for hydroxylation is 1. The Balaban J connectivity index is 1.70. The maximum Gasteiger partial charge on any atom is 0.410 e. The van der Waals surface area contributed by atoms with Crippen LogP contribution in [0.15, 0.2) is 17.1 Å². The fourth-order valence-electron chi connectivity index (χ4n) is 3.26. The van der Waals surface area contributed by atoms with Crippen LogP contribution < -0.4 is 10.6 Å². The number of piperidine rings is 1. The minimum Gasteiger partial charge on any atom is -0.444 e. The Labute approximate surface area is 173 Å². The second-order valence-electron chi connectivity index (χ2n) is 8.63. The van der Waals surface area contributed by atoms with E-state index in [1.165, 1.54) is 9.75 Å². The van der Waals surface area contributed by atoms with Crippen LogP contribution in [0.5, 0.6) is 0 Å². The van der Waals surface area contributed by atoms with Gasteiger partial charge in [0.05, 0.1) is 0 Å². The molecule has 1 aliphatic heterocycles. The highest BCUT2D eigenvalue weighted by Crippen LogP contribution is 2.19. The van der Waals surface area contributed by atoms with Gasteiger partial charge in [-0.15, -0.1) is 11.3 Å². The summed E-state index contributed by atoms with van der Waals surface area (Å²) in [5, 5.41) is 6.93. The zero-order valence-electron chi connectivity index (χ0n) is 18.2. The van der Waals surface area contributed by atoms with E-state index in [1.54, 1.807) is 0 Å². The summed E-state index contributed by atoms with van der Waals surface area (Å²) in [6, 6.07) is 4.69. The van der Waals surface area contributed by atoms with Gasteiger partial charge < -0.3 is 20.3 Å². The summed E-state index contributed by atoms with van der Waals surface area (Å²) in [4.78, 5) is 21.1. The van der Waals surface area contributed by atoms with Crippen LogP contribution in [0.2, 0.25) is 0 Å². The van der Waals surface area contributed by atoms with E-state index in [0.717, 1.165) is 44.9 Å². The average molecular weight is 409 g/mol. The molecule has 0 saturated carbocycles. The number of carbonyl (C=O) groups is 1. The Bertz CT molecular complexity index is 658. The number of rotatable bonds is 5. The molecule has 0 aliphatic carbocycles. The fourth-order valence-corrected chi connectivity index (χ4v) is 4.28. The molecule has 7 heteroatoms. The lowest BCUT2D eigenvalue weighted by atomic mass is 9.97. The Morgan fingerprint density at radius 2 is 2.04 bits per heavy atom. The van der Waals surface area contributed by atoms with Crippen LogP contribution in [0.4, 0.5) is 4.79 Å². The highest BCUT2D eigenvalue weighted by Gasteiger charge is 2.26. The third-order valence-corrected chi connectivity index (χ3v) is 5.76. The van der Waals surface area contributed by atoms with E-state index in [2.05, 4.69) is 41.6 Å². The van der Waals surface area contributed by atoms with Gasteiger partial charge in [-0.05, 0) is 65.5 Å². The minimum absolute atomic E-state index is 0.200.